The lowest BCUT2D eigenvalue weighted by Crippen LogP contribution is -2.13. The van der Waals surface area contributed by atoms with Gasteiger partial charge in [0.05, 0.1) is 5.39 Å². The van der Waals surface area contributed by atoms with Gasteiger partial charge in [0.1, 0.15) is 16.9 Å². The normalized spacial score (nSPS) is 11.5. The zero-order valence-electron chi connectivity index (χ0n) is 17.3. The third-order valence-corrected chi connectivity index (χ3v) is 4.97. The smallest absolute Gasteiger partial charge is 0.351 e. The molecule has 29 heavy (non-hydrogen) atoms. The maximum Gasteiger partial charge on any atom is 0.351 e. The summed E-state index contributed by atoms with van der Waals surface area (Å²) in [5.74, 6) is -0.815. The number of allylic oxidation sites excluding steroid dienone is 1. The first-order valence-corrected chi connectivity index (χ1v) is 9.49. The van der Waals surface area contributed by atoms with Crippen LogP contribution in [0.25, 0.3) is 17.0 Å². The van der Waals surface area contributed by atoms with Crippen molar-refractivity contribution in [2.24, 2.45) is 0 Å². The summed E-state index contributed by atoms with van der Waals surface area (Å²) in [6, 6.07) is 11.4. The van der Waals surface area contributed by atoms with E-state index < -0.39 is 11.4 Å². The van der Waals surface area contributed by atoms with Crippen LogP contribution in [0.4, 0.5) is 5.69 Å². The number of hydrogen-bond donors (Lipinski definition) is 1. The lowest BCUT2D eigenvalue weighted by atomic mass is 9.96. The summed E-state index contributed by atoms with van der Waals surface area (Å²) in [6.07, 6.45) is 2.90. The van der Waals surface area contributed by atoms with Gasteiger partial charge < -0.3 is 14.4 Å². The number of hydrogen-bond acceptors (Lipinski definition) is 5. The van der Waals surface area contributed by atoms with E-state index in [2.05, 4.69) is 0 Å². The largest absolute Gasteiger partial charge is 0.506 e. The molecule has 1 aromatic heterocycles. The van der Waals surface area contributed by atoms with Crippen LogP contribution in [0.2, 0.25) is 0 Å². The second-order valence-corrected chi connectivity index (χ2v) is 7.63. The Morgan fingerprint density at radius 3 is 2.34 bits per heavy atom. The van der Waals surface area contributed by atoms with E-state index in [9.17, 15) is 14.7 Å². The molecule has 1 heterocycles. The van der Waals surface area contributed by atoms with Crippen LogP contribution in [0, 0.1) is 6.92 Å². The predicted octanol–water partition coefficient (Wildman–Crippen LogP) is 4.89. The highest BCUT2D eigenvalue weighted by atomic mass is 16.4. The van der Waals surface area contributed by atoms with Gasteiger partial charge in [-0.15, -0.1) is 0 Å². The Bertz CT molecular complexity index is 1150. The molecule has 3 rings (SSSR count). The van der Waals surface area contributed by atoms with Gasteiger partial charge in [0.25, 0.3) is 0 Å². The zero-order chi connectivity index (χ0) is 21.3. The molecule has 0 spiro atoms. The molecule has 5 nitrogen and oxygen atoms in total. The van der Waals surface area contributed by atoms with E-state index in [1.54, 1.807) is 6.08 Å². The fourth-order valence-corrected chi connectivity index (χ4v) is 3.28. The lowest BCUT2D eigenvalue weighted by Gasteiger charge is -2.13. The Balaban J connectivity index is 2.04. The molecular formula is C24H25NO4. The molecule has 0 aliphatic carbocycles. The molecule has 0 saturated carbocycles. The molecule has 0 saturated heterocycles. The number of benzene rings is 2. The molecule has 5 heteroatoms. The van der Waals surface area contributed by atoms with Crippen molar-refractivity contribution in [1.29, 1.82) is 0 Å². The van der Waals surface area contributed by atoms with Gasteiger partial charge in [-0.05, 0) is 47.7 Å². The van der Waals surface area contributed by atoms with Crippen LogP contribution in [0.1, 0.15) is 46.8 Å². The van der Waals surface area contributed by atoms with Crippen LogP contribution < -0.4 is 10.5 Å². The average molecular weight is 391 g/mol. The number of aromatic hydroxyl groups is 1. The fraction of sp³-hybridized carbons (Fsp3) is 0.250. The molecule has 1 N–H and O–H groups in total. The van der Waals surface area contributed by atoms with Crippen LogP contribution in [-0.4, -0.2) is 25.0 Å². The Kier molecular flexibility index (Phi) is 5.59. The summed E-state index contributed by atoms with van der Waals surface area (Å²) >= 11 is 0. The summed E-state index contributed by atoms with van der Waals surface area (Å²) in [6.45, 7) is 5.76. The molecule has 3 aromatic rings. The van der Waals surface area contributed by atoms with Crippen LogP contribution in [0.15, 0.2) is 51.7 Å². The van der Waals surface area contributed by atoms with E-state index in [0.29, 0.717) is 11.0 Å². The lowest BCUT2D eigenvalue weighted by molar-refractivity contribution is 0.104. The first-order valence-electron chi connectivity index (χ1n) is 9.49. The molecule has 0 amide bonds. The van der Waals surface area contributed by atoms with Crippen LogP contribution in [0.5, 0.6) is 5.75 Å². The Labute approximate surface area is 169 Å². The summed E-state index contributed by atoms with van der Waals surface area (Å²) in [5.41, 5.74) is 2.56. The number of anilines is 1. The van der Waals surface area contributed by atoms with E-state index in [1.165, 1.54) is 6.08 Å². The van der Waals surface area contributed by atoms with Gasteiger partial charge >= 0.3 is 5.63 Å². The third-order valence-electron chi connectivity index (χ3n) is 4.97. The van der Waals surface area contributed by atoms with E-state index in [4.69, 9.17) is 4.42 Å². The summed E-state index contributed by atoms with van der Waals surface area (Å²) < 4.78 is 5.49. The monoisotopic (exact) mass is 391 g/mol. The number of aryl methyl sites for hydroxylation is 1. The SMILES string of the molecule is Cc1ccc(C(C)C)c2oc(=O)c(C(=O)/C=C/c3ccc(N(C)C)cc3)c(O)c12. The number of carbonyl (C=O) groups excluding carboxylic acids is 1. The van der Waals surface area contributed by atoms with Crippen LogP contribution >= 0.6 is 0 Å². The van der Waals surface area contributed by atoms with Gasteiger partial charge in [-0.2, -0.15) is 0 Å². The minimum absolute atomic E-state index is 0.104. The van der Waals surface area contributed by atoms with Gasteiger partial charge in [-0.3, -0.25) is 4.79 Å². The molecule has 0 unspecified atom stereocenters. The van der Waals surface area contributed by atoms with Crippen LogP contribution in [-0.2, 0) is 0 Å². The average Bonchev–Trinajstić information content (AvgIpc) is 2.66. The van der Waals surface area contributed by atoms with Crippen LogP contribution in [0.3, 0.4) is 0 Å². The van der Waals surface area contributed by atoms with Crippen molar-refractivity contribution in [3.05, 3.63) is 75.1 Å². The van der Waals surface area contributed by atoms with Crippen molar-refractivity contribution in [3.8, 4) is 5.75 Å². The minimum atomic E-state index is -0.833. The molecule has 0 aliphatic rings. The number of ketones is 1. The van der Waals surface area contributed by atoms with Crippen molar-refractivity contribution in [3.63, 3.8) is 0 Å². The van der Waals surface area contributed by atoms with Crippen molar-refractivity contribution in [1.82, 2.24) is 0 Å². The Morgan fingerprint density at radius 1 is 1.10 bits per heavy atom. The number of nitrogens with zero attached hydrogens (tertiary/aromatic N) is 1. The maximum atomic E-state index is 12.7. The summed E-state index contributed by atoms with van der Waals surface area (Å²) in [4.78, 5) is 27.2. The van der Waals surface area contributed by atoms with E-state index in [-0.39, 0.29) is 17.2 Å². The summed E-state index contributed by atoms with van der Waals surface area (Å²) in [5, 5.41) is 11.2. The molecule has 0 radical (unpaired) electrons. The quantitative estimate of drug-likeness (QED) is 0.381. The van der Waals surface area contributed by atoms with Crippen molar-refractivity contribution in [2.75, 3.05) is 19.0 Å². The topological polar surface area (TPSA) is 70.8 Å². The van der Waals surface area contributed by atoms with Crippen molar-refractivity contribution < 1.29 is 14.3 Å². The van der Waals surface area contributed by atoms with Crippen molar-refractivity contribution >= 4 is 28.5 Å². The summed E-state index contributed by atoms with van der Waals surface area (Å²) in [7, 11) is 3.89. The number of carbonyl (C=O) groups is 1. The van der Waals surface area contributed by atoms with Gasteiger partial charge in [-0.1, -0.05) is 44.2 Å². The van der Waals surface area contributed by atoms with Gasteiger partial charge in [-0.25, -0.2) is 4.79 Å². The molecular weight excluding hydrogens is 366 g/mol. The van der Waals surface area contributed by atoms with E-state index in [0.717, 1.165) is 22.4 Å². The third kappa shape index (κ3) is 3.94. The first-order chi connectivity index (χ1) is 13.7. The predicted molar refractivity (Wildman–Crippen MR) is 117 cm³/mol. The highest BCUT2D eigenvalue weighted by molar-refractivity contribution is 6.11. The Hall–Kier alpha value is -3.34. The standard InChI is InChI=1S/C24H25NO4/c1-14(2)18-12-6-15(3)20-22(27)21(24(28)29-23(18)20)19(26)13-9-16-7-10-17(11-8-16)25(4)5/h6-14,27H,1-5H3/b13-9+. The molecule has 0 atom stereocenters. The van der Waals surface area contributed by atoms with E-state index >= 15 is 0 Å². The van der Waals surface area contributed by atoms with Crippen molar-refractivity contribution in [2.45, 2.75) is 26.7 Å². The number of fused-ring (bicyclic) bond motifs is 1. The second kappa shape index (κ2) is 7.95. The van der Waals surface area contributed by atoms with Gasteiger partial charge in [0.2, 0.25) is 0 Å². The molecule has 150 valence electrons. The minimum Gasteiger partial charge on any atom is -0.506 e. The first kappa shape index (κ1) is 20.4. The Morgan fingerprint density at radius 2 is 1.76 bits per heavy atom. The zero-order valence-corrected chi connectivity index (χ0v) is 17.3. The van der Waals surface area contributed by atoms with E-state index in [1.807, 2.05) is 76.2 Å². The molecule has 2 aromatic carbocycles. The number of rotatable bonds is 5. The van der Waals surface area contributed by atoms with Gasteiger partial charge in [0, 0.05) is 19.8 Å². The molecule has 0 fully saturated rings. The second-order valence-electron chi connectivity index (χ2n) is 7.63. The molecule has 0 bridgehead atoms. The van der Waals surface area contributed by atoms with Gasteiger partial charge in [0.15, 0.2) is 5.78 Å². The molecule has 0 aliphatic heterocycles. The fourth-order valence-electron chi connectivity index (χ4n) is 3.28. The maximum absolute atomic E-state index is 12.7. The highest BCUT2D eigenvalue weighted by Gasteiger charge is 2.22. The highest BCUT2D eigenvalue weighted by Crippen LogP contribution is 2.34.